The number of hydrogen-bond acceptors (Lipinski definition) is 6. The van der Waals surface area contributed by atoms with Crippen LogP contribution in [0.3, 0.4) is 0 Å². The van der Waals surface area contributed by atoms with Gasteiger partial charge in [-0.2, -0.15) is 0 Å². The Hall–Kier alpha value is -3.46. The minimum Gasteiger partial charge on any atom is -0.497 e. The second-order valence-corrected chi connectivity index (χ2v) is 7.31. The van der Waals surface area contributed by atoms with E-state index in [1.807, 2.05) is 4.90 Å². The summed E-state index contributed by atoms with van der Waals surface area (Å²) in [6.07, 6.45) is 0.648. The zero-order valence-corrected chi connectivity index (χ0v) is 17.2. The van der Waals surface area contributed by atoms with Crippen LogP contribution in [0.4, 0.5) is 10.1 Å². The van der Waals surface area contributed by atoms with Crippen molar-refractivity contribution in [3.05, 3.63) is 72.1 Å². The van der Waals surface area contributed by atoms with E-state index in [9.17, 15) is 14.3 Å². The summed E-state index contributed by atoms with van der Waals surface area (Å²) < 4.78 is 20.6. The number of piperazine rings is 1. The van der Waals surface area contributed by atoms with Crippen LogP contribution < -0.4 is 9.64 Å². The van der Waals surface area contributed by atoms with Crippen LogP contribution in [0, 0.1) is 5.82 Å². The highest BCUT2D eigenvalue weighted by Crippen LogP contribution is 2.21. The third-order valence-electron chi connectivity index (χ3n) is 5.35. The fourth-order valence-corrected chi connectivity index (χ4v) is 3.59. The Labute approximate surface area is 179 Å². The van der Waals surface area contributed by atoms with E-state index in [-0.39, 0.29) is 24.1 Å². The van der Waals surface area contributed by atoms with Gasteiger partial charge >= 0.3 is 0 Å². The Bertz CT molecular complexity index is 1030. The molecule has 4 rings (SSSR count). The molecule has 9 heteroatoms. The van der Waals surface area contributed by atoms with Crippen LogP contribution in [0.1, 0.15) is 22.3 Å². The first kappa shape index (κ1) is 20.8. The molecule has 1 atom stereocenters. The summed E-state index contributed by atoms with van der Waals surface area (Å²) in [5.74, 6) is 0.255. The van der Waals surface area contributed by atoms with Crippen molar-refractivity contribution in [3.8, 4) is 5.75 Å². The quantitative estimate of drug-likeness (QED) is 0.651. The van der Waals surface area contributed by atoms with Crippen molar-refractivity contribution in [3.63, 3.8) is 0 Å². The molecular formula is C22H24FN5O3. The monoisotopic (exact) mass is 425 g/mol. The zero-order valence-electron chi connectivity index (χ0n) is 17.2. The van der Waals surface area contributed by atoms with E-state index in [4.69, 9.17) is 4.74 Å². The lowest BCUT2D eigenvalue weighted by molar-refractivity contribution is 0.0732. The number of para-hydroxylation sites is 1. The number of carbonyl (C=O) groups excluding carboxylic acids is 1. The van der Waals surface area contributed by atoms with E-state index >= 15 is 0 Å². The van der Waals surface area contributed by atoms with Gasteiger partial charge in [0, 0.05) is 26.2 Å². The van der Waals surface area contributed by atoms with Crippen LogP contribution in [0.5, 0.6) is 5.75 Å². The molecule has 1 aliphatic rings. The predicted octanol–water partition coefficient (Wildman–Crippen LogP) is 2.12. The van der Waals surface area contributed by atoms with Crippen molar-refractivity contribution in [2.24, 2.45) is 0 Å². The number of hydrogen-bond donors (Lipinski definition) is 1. The Morgan fingerprint density at radius 3 is 2.52 bits per heavy atom. The number of ether oxygens (including phenoxy) is 1. The number of benzene rings is 2. The van der Waals surface area contributed by atoms with Gasteiger partial charge in [-0.15, -0.1) is 5.10 Å². The van der Waals surface area contributed by atoms with Gasteiger partial charge in [0.05, 0.1) is 25.4 Å². The number of methoxy groups -OCH3 is 1. The van der Waals surface area contributed by atoms with Gasteiger partial charge in [0.15, 0.2) is 0 Å². The highest BCUT2D eigenvalue weighted by molar-refractivity contribution is 5.90. The number of aliphatic hydroxyl groups excluding tert-OH is 1. The van der Waals surface area contributed by atoms with Crippen LogP contribution in [0.2, 0.25) is 0 Å². The number of rotatable bonds is 6. The summed E-state index contributed by atoms with van der Waals surface area (Å²) in [6, 6.07) is 13.7. The molecule has 162 valence electrons. The summed E-state index contributed by atoms with van der Waals surface area (Å²) in [7, 11) is 1.58. The molecule has 0 aliphatic carbocycles. The summed E-state index contributed by atoms with van der Waals surface area (Å²) in [6.45, 7) is 2.15. The number of halogens is 1. The molecule has 0 radical (unpaired) electrons. The third-order valence-corrected chi connectivity index (χ3v) is 5.35. The normalized spacial score (nSPS) is 15.1. The average Bonchev–Trinajstić information content (AvgIpc) is 3.27. The number of nitrogens with zero attached hydrogens (tertiary/aromatic N) is 5. The topological polar surface area (TPSA) is 83.7 Å². The number of carbonyl (C=O) groups is 1. The molecule has 0 saturated carbocycles. The minimum absolute atomic E-state index is 0.0845. The molecule has 1 aliphatic heterocycles. The van der Waals surface area contributed by atoms with Crippen molar-refractivity contribution in [1.29, 1.82) is 0 Å². The lowest BCUT2D eigenvalue weighted by Crippen LogP contribution is -2.49. The maximum Gasteiger partial charge on any atom is 0.293 e. The Morgan fingerprint density at radius 1 is 1.13 bits per heavy atom. The van der Waals surface area contributed by atoms with Gasteiger partial charge < -0.3 is 19.6 Å². The van der Waals surface area contributed by atoms with Gasteiger partial charge in [-0.3, -0.25) is 4.79 Å². The van der Waals surface area contributed by atoms with Crippen molar-refractivity contribution in [2.45, 2.75) is 12.6 Å². The number of anilines is 1. The summed E-state index contributed by atoms with van der Waals surface area (Å²) in [4.78, 5) is 20.5. The van der Waals surface area contributed by atoms with Gasteiger partial charge in [0.25, 0.3) is 5.91 Å². The van der Waals surface area contributed by atoms with Gasteiger partial charge in [-0.25, -0.2) is 14.1 Å². The first-order valence-corrected chi connectivity index (χ1v) is 10.1. The molecular weight excluding hydrogens is 401 g/mol. The van der Waals surface area contributed by atoms with Crippen LogP contribution in [0.15, 0.2) is 54.9 Å². The molecule has 3 aromatic rings. The lowest BCUT2D eigenvalue weighted by atomic mass is 10.1. The second-order valence-electron chi connectivity index (χ2n) is 7.31. The highest BCUT2D eigenvalue weighted by atomic mass is 19.1. The van der Waals surface area contributed by atoms with E-state index in [0.717, 1.165) is 0 Å². The van der Waals surface area contributed by atoms with Crippen molar-refractivity contribution < 1.29 is 19.0 Å². The molecule has 1 N–H and O–H groups in total. The Kier molecular flexibility index (Phi) is 6.13. The van der Waals surface area contributed by atoms with E-state index < -0.39 is 6.10 Å². The molecule has 1 amide bonds. The maximum absolute atomic E-state index is 14.0. The lowest BCUT2D eigenvalue weighted by Gasteiger charge is -2.35. The fraction of sp³-hybridized carbons (Fsp3) is 0.318. The molecule has 1 saturated heterocycles. The number of amides is 1. The van der Waals surface area contributed by atoms with Crippen LogP contribution in [-0.2, 0) is 6.54 Å². The molecule has 0 bridgehead atoms. The number of aliphatic hydroxyl groups is 1. The molecule has 0 spiro atoms. The van der Waals surface area contributed by atoms with E-state index in [2.05, 4.69) is 10.1 Å². The molecule has 1 fully saturated rings. The smallest absolute Gasteiger partial charge is 0.293 e. The zero-order chi connectivity index (χ0) is 21.8. The summed E-state index contributed by atoms with van der Waals surface area (Å²) >= 11 is 0. The number of aromatic nitrogens is 3. The molecule has 2 heterocycles. The Morgan fingerprint density at radius 2 is 1.84 bits per heavy atom. The first-order chi connectivity index (χ1) is 15.0. The summed E-state index contributed by atoms with van der Waals surface area (Å²) in [5.41, 5.74) is 1.26. The Balaban J connectivity index is 1.34. The summed E-state index contributed by atoms with van der Waals surface area (Å²) in [5, 5.41) is 14.7. The van der Waals surface area contributed by atoms with Crippen LogP contribution in [-0.4, -0.2) is 64.0 Å². The van der Waals surface area contributed by atoms with E-state index in [1.54, 1.807) is 54.5 Å². The van der Waals surface area contributed by atoms with Crippen molar-refractivity contribution in [1.82, 2.24) is 19.7 Å². The fourth-order valence-electron chi connectivity index (χ4n) is 3.59. The first-order valence-electron chi connectivity index (χ1n) is 10.1. The van der Waals surface area contributed by atoms with E-state index in [0.29, 0.717) is 43.2 Å². The van der Waals surface area contributed by atoms with E-state index in [1.165, 1.54) is 17.1 Å². The van der Waals surface area contributed by atoms with Crippen molar-refractivity contribution >= 4 is 11.6 Å². The molecule has 31 heavy (non-hydrogen) atoms. The maximum atomic E-state index is 14.0. The van der Waals surface area contributed by atoms with Crippen LogP contribution >= 0.6 is 0 Å². The SMILES string of the molecule is COc1ccc(C(O)Cn2cnc(C(=O)N3CCN(c4ccccc4F)CC3)n2)cc1. The van der Waals surface area contributed by atoms with Gasteiger partial charge in [0.2, 0.25) is 5.82 Å². The average molecular weight is 425 g/mol. The largest absolute Gasteiger partial charge is 0.497 e. The van der Waals surface area contributed by atoms with Crippen LogP contribution in [0.25, 0.3) is 0 Å². The molecule has 1 aromatic heterocycles. The van der Waals surface area contributed by atoms with Gasteiger partial charge in [-0.1, -0.05) is 24.3 Å². The van der Waals surface area contributed by atoms with Gasteiger partial charge in [-0.05, 0) is 29.8 Å². The van der Waals surface area contributed by atoms with Gasteiger partial charge in [0.1, 0.15) is 17.9 Å². The third kappa shape index (κ3) is 4.66. The van der Waals surface area contributed by atoms with Crippen molar-refractivity contribution in [2.75, 3.05) is 38.2 Å². The highest BCUT2D eigenvalue weighted by Gasteiger charge is 2.26. The predicted molar refractivity (Wildman–Crippen MR) is 112 cm³/mol. The minimum atomic E-state index is -0.792. The molecule has 8 nitrogen and oxygen atoms in total. The standard InChI is InChI=1S/C22H24FN5O3/c1-31-17-8-6-16(7-9-17)20(29)14-28-15-24-21(25-28)22(30)27-12-10-26(11-13-27)19-5-3-2-4-18(19)23/h2-9,15,20,29H,10-14H2,1H3. The second kappa shape index (κ2) is 9.13. The molecule has 2 aromatic carbocycles. The molecule has 1 unspecified atom stereocenters.